The highest BCUT2D eigenvalue weighted by Gasteiger charge is 2.15. The van der Waals surface area contributed by atoms with Gasteiger partial charge in [-0.3, -0.25) is 10.1 Å². The van der Waals surface area contributed by atoms with E-state index in [1.165, 1.54) is 13.2 Å². The zero-order valence-corrected chi connectivity index (χ0v) is 9.69. The van der Waals surface area contributed by atoms with Crippen LogP contribution in [0.1, 0.15) is 5.56 Å². The van der Waals surface area contributed by atoms with E-state index in [9.17, 15) is 10.1 Å². The van der Waals surface area contributed by atoms with Crippen molar-refractivity contribution in [2.24, 2.45) is 0 Å². The number of rotatable bonds is 5. The Kier molecular flexibility index (Phi) is 4.51. The zero-order chi connectivity index (χ0) is 11.3. The molecule has 0 amide bonds. The summed E-state index contributed by atoms with van der Waals surface area (Å²) in [6.45, 7) is -0.00546. The highest BCUT2D eigenvalue weighted by Crippen LogP contribution is 2.28. The number of alkyl halides is 1. The van der Waals surface area contributed by atoms with Crippen LogP contribution in [0.2, 0.25) is 0 Å². The fourth-order valence-electron chi connectivity index (χ4n) is 1.03. The molecule has 1 aromatic carbocycles. The Hall–Kier alpha value is -1.14. The van der Waals surface area contributed by atoms with Gasteiger partial charge in [0.25, 0.3) is 0 Å². The van der Waals surface area contributed by atoms with Gasteiger partial charge >= 0.3 is 5.69 Å². The van der Waals surface area contributed by atoms with E-state index in [1.54, 1.807) is 12.1 Å². The van der Waals surface area contributed by atoms with Gasteiger partial charge in [0.05, 0.1) is 4.92 Å². The van der Waals surface area contributed by atoms with E-state index in [0.29, 0.717) is 5.33 Å². The van der Waals surface area contributed by atoms with Gasteiger partial charge in [-0.05, 0) is 11.6 Å². The Bertz CT molecular complexity index is 356. The Labute approximate surface area is 95.3 Å². The Morgan fingerprint density at radius 1 is 1.53 bits per heavy atom. The molecule has 0 saturated carbocycles. The van der Waals surface area contributed by atoms with Crippen molar-refractivity contribution in [2.45, 2.75) is 5.33 Å². The first-order chi connectivity index (χ1) is 7.19. The second-order valence-electron chi connectivity index (χ2n) is 2.74. The molecule has 15 heavy (non-hydrogen) atoms. The van der Waals surface area contributed by atoms with Crippen LogP contribution in [0.25, 0.3) is 0 Å². The van der Waals surface area contributed by atoms with Gasteiger partial charge < -0.3 is 9.47 Å². The van der Waals surface area contributed by atoms with Crippen molar-refractivity contribution in [3.63, 3.8) is 0 Å². The second-order valence-corrected chi connectivity index (χ2v) is 3.30. The normalized spacial score (nSPS) is 10.0. The lowest BCUT2D eigenvalue weighted by atomic mass is 10.2. The van der Waals surface area contributed by atoms with Gasteiger partial charge in [0.1, 0.15) is 0 Å². The molecule has 5 nitrogen and oxygen atoms in total. The number of benzene rings is 1. The van der Waals surface area contributed by atoms with E-state index >= 15 is 0 Å². The minimum Gasteiger partial charge on any atom is -0.460 e. The monoisotopic (exact) mass is 275 g/mol. The van der Waals surface area contributed by atoms with Gasteiger partial charge in [-0.25, -0.2) is 0 Å². The van der Waals surface area contributed by atoms with Gasteiger partial charge in [0.2, 0.25) is 0 Å². The average Bonchev–Trinajstić information content (AvgIpc) is 2.26. The van der Waals surface area contributed by atoms with Crippen LogP contribution < -0.4 is 4.74 Å². The lowest BCUT2D eigenvalue weighted by Gasteiger charge is -2.05. The maximum absolute atomic E-state index is 10.7. The molecule has 0 heterocycles. The minimum atomic E-state index is -0.475. The van der Waals surface area contributed by atoms with E-state index < -0.39 is 4.92 Å². The fraction of sp³-hybridized carbons (Fsp3) is 0.333. The van der Waals surface area contributed by atoms with Crippen molar-refractivity contribution in [1.82, 2.24) is 0 Å². The number of hydrogen-bond acceptors (Lipinski definition) is 4. The molecule has 6 heteroatoms. The number of methoxy groups -OCH3 is 1. The molecular weight excluding hydrogens is 266 g/mol. The minimum absolute atomic E-state index is 0.00546. The van der Waals surface area contributed by atoms with E-state index in [4.69, 9.17) is 4.74 Å². The SMILES string of the molecule is COCOc1ccc(CBr)cc1[N+](=O)[O-]. The van der Waals surface area contributed by atoms with E-state index in [1.807, 2.05) is 0 Å². The van der Waals surface area contributed by atoms with Gasteiger partial charge in [-0.15, -0.1) is 0 Å². The summed E-state index contributed by atoms with van der Waals surface area (Å²) in [6, 6.07) is 4.79. The standard InChI is InChI=1S/C9H10BrNO4/c1-14-6-15-9-3-2-7(5-10)4-8(9)11(12)13/h2-4H,5-6H2,1H3. The van der Waals surface area contributed by atoms with Gasteiger partial charge in [-0.1, -0.05) is 22.0 Å². The van der Waals surface area contributed by atoms with Crippen LogP contribution in [-0.2, 0) is 10.1 Å². The Morgan fingerprint density at radius 2 is 2.27 bits per heavy atom. The first kappa shape index (κ1) is 11.9. The molecule has 82 valence electrons. The predicted octanol–water partition coefficient (Wildman–Crippen LogP) is 2.47. The van der Waals surface area contributed by atoms with Gasteiger partial charge in [0, 0.05) is 18.5 Å². The molecule has 1 rings (SSSR count). The third kappa shape index (κ3) is 3.17. The summed E-state index contributed by atoms with van der Waals surface area (Å²) in [5, 5.41) is 11.3. The van der Waals surface area contributed by atoms with Crippen molar-refractivity contribution < 1.29 is 14.4 Å². The summed E-state index contributed by atoms with van der Waals surface area (Å²) < 4.78 is 9.75. The first-order valence-corrected chi connectivity index (χ1v) is 5.26. The van der Waals surface area contributed by atoms with E-state index in [-0.39, 0.29) is 18.2 Å². The van der Waals surface area contributed by atoms with Crippen LogP contribution in [0.3, 0.4) is 0 Å². The summed E-state index contributed by atoms with van der Waals surface area (Å²) in [5.74, 6) is 0.214. The van der Waals surface area contributed by atoms with E-state index in [0.717, 1.165) is 5.56 Å². The van der Waals surface area contributed by atoms with Crippen LogP contribution in [0, 0.1) is 10.1 Å². The molecule has 0 aliphatic carbocycles. The molecule has 0 fully saturated rings. The molecule has 0 saturated heterocycles. The second kappa shape index (κ2) is 5.67. The highest BCUT2D eigenvalue weighted by atomic mass is 79.9. The number of ether oxygens (including phenoxy) is 2. The molecule has 0 aromatic heterocycles. The maximum atomic E-state index is 10.7. The molecule has 0 radical (unpaired) electrons. The average molecular weight is 276 g/mol. The molecule has 1 aromatic rings. The predicted molar refractivity (Wildman–Crippen MR) is 58.2 cm³/mol. The third-order valence-corrected chi connectivity index (χ3v) is 2.35. The molecule has 0 bridgehead atoms. The lowest BCUT2D eigenvalue weighted by molar-refractivity contribution is -0.386. The number of hydrogen-bond donors (Lipinski definition) is 0. The van der Waals surface area contributed by atoms with Crippen LogP contribution in [0.4, 0.5) is 5.69 Å². The first-order valence-electron chi connectivity index (χ1n) is 4.14. The molecule has 0 N–H and O–H groups in total. The summed E-state index contributed by atoms with van der Waals surface area (Å²) >= 11 is 3.23. The largest absolute Gasteiger partial charge is 0.460 e. The van der Waals surface area contributed by atoms with Crippen molar-refractivity contribution in [2.75, 3.05) is 13.9 Å². The van der Waals surface area contributed by atoms with Gasteiger partial charge in [-0.2, -0.15) is 0 Å². The zero-order valence-electron chi connectivity index (χ0n) is 8.10. The van der Waals surface area contributed by atoms with E-state index in [2.05, 4.69) is 20.7 Å². The molecular formula is C9H10BrNO4. The molecule has 0 aliphatic heterocycles. The van der Waals surface area contributed by atoms with Crippen LogP contribution >= 0.6 is 15.9 Å². The Morgan fingerprint density at radius 3 is 2.80 bits per heavy atom. The van der Waals surface area contributed by atoms with Crippen LogP contribution in [-0.4, -0.2) is 18.8 Å². The van der Waals surface area contributed by atoms with Gasteiger partial charge in [0.15, 0.2) is 12.5 Å². The topological polar surface area (TPSA) is 61.6 Å². The van der Waals surface area contributed by atoms with Crippen molar-refractivity contribution in [3.8, 4) is 5.75 Å². The Balaban J connectivity index is 2.98. The van der Waals surface area contributed by atoms with Crippen molar-refractivity contribution in [3.05, 3.63) is 33.9 Å². The third-order valence-electron chi connectivity index (χ3n) is 1.71. The molecule has 0 unspecified atom stereocenters. The highest BCUT2D eigenvalue weighted by molar-refractivity contribution is 9.08. The maximum Gasteiger partial charge on any atom is 0.311 e. The van der Waals surface area contributed by atoms with Crippen LogP contribution in [0.15, 0.2) is 18.2 Å². The quantitative estimate of drug-likeness (QED) is 0.359. The summed E-state index contributed by atoms with van der Waals surface area (Å²) in [5.41, 5.74) is 0.774. The number of nitro groups is 1. The number of nitro benzene ring substituents is 1. The summed E-state index contributed by atoms with van der Waals surface area (Å²) in [7, 11) is 1.46. The fourth-order valence-corrected chi connectivity index (χ4v) is 1.38. The van der Waals surface area contributed by atoms with Crippen molar-refractivity contribution >= 4 is 21.6 Å². The smallest absolute Gasteiger partial charge is 0.311 e. The molecule has 0 spiro atoms. The summed E-state index contributed by atoms with van der Waals surface area (Å²) in [4.78, 5) is 10.2. The van der Waals surface area contributed by atoms with Crippen LogP contribution in [0.5, 0.6) is 5.75 Å². The number of halogens is 1. The molecule has 0 aliphatic rings. The van der Waals surface area contributed by atoms with Crippen molar-refractivity contribution in [1.29, 1.82) is 0 Å². The molecule has 0 atom stereocenters. The lowest BCUT2D eigenvalue weighted by Crippen LogP contribution is -2.02. The number of nitrogens with zero attached hydrogens (tertiary/aromatic N) is 1. The summed E-state index contributed by atoms with van der Waals surface area (Å²) in [6.07, 6.45) is 0.